The lowest BCUT2D eigenvalue weighted by molar-refractivity contribution is 0.473. The first kappa shape index (κ1) is 12.3. The van der Waals surface area contributed by atoms with Gasteiger partial charge in [0.25, 0.3) is 0 Å². The van der Waals surface area contributed by atoms with Crippen molar-refractivity contribution >= 4 is 24.0 Å². The predicted molar refractivity (Wildman–Crippen MR) is 83.5 cm³/mol. The van der Waals surface area contributed by atoms with Crippen LogP contribution in [-0.4, -0.2) is 0 Å². The molecule has 3 heteroatoms. The summed E-state index contributed by atoms with van der Waals surface area (Å²) < 4.78 is 5.99. The topological polar surface area (TPSA) is 9.23 Å². The molecule has 0 fully saturated rings. The van der Waals surface area contributed by atoms with E-state index in [2.05, 4.69) is 35.5 Å². The van der Waals surface area contributed by atoms with Gasteiger partial charge in [0.05, 0.1) is 0 Å². The van der Waals surface area contributed by atoms with E-state index in [9.17, 15) is 0 Å². The molecule has 1 nitrogen and oxygen atoms in total. The van der Waals surface area contributed by atoms with E-state index in [1.807, 2.05) is 42.5 Å². The van der Waals surface area contributed by atoms with Crippen molar-refractivity contribution in [3.63, 3.8) is 0 Å². The van der Waals surface area contributed by atoms with E-state index in [0.29, 0.717) is 0 Å². The fourth-order valence-electron chi connectivity index (χ4n) is 1.87. The van der Waals surface area contributed by atoms with Gasteiger partial charge in [-0.25, -0.2) is 0 Å². The fourth-order valence-corrected chi connectivity index (χ4v) is 2.74. The summed E-state index contributed by atoms with van der Waals surface area (Å²) in [7, 11) is 0. The Morgan fingerprint density at radius 3 is 2.32 bits per heavy atom. The summed E-state index contributed by atoms with van der Waals surface area (Å²) >= 11 is 6.10. The van der Waals surface area contributed by atoms with Gasteiger partial charge in [0, 0.05) is 10.5 Å². The Morgan fingerprint density at radius 2 is 1.58 bits per heavy atom. The number of thiophene rings is 1. The molecular weight excluding hydrogens is 272 g/mol. The molecular formula is C16H12OS2. The molecule has 0 aliphatic carbocycles. The van der Waals surface area contributed by atoms with Crippen molar-refractivity contribution in [1.29, 1.82) is 0 Å². The molecule has 0 N–H and O–H groups in total. The number of thiol groups is 1. The highest BCUT2D eigenvalue weighted by Crippen LogP contribution is 2.35. The van der Waals surface area contributed by atoms with Gasteiger partial charge in [-0.05, 0) is 40.6 Å². The summed E-state index contributed by atoms with van der Waals surface area (Å²) in [6.45, 7) is 0. The molecule has 0 aliphatic rings. The van der Waals surface area contributed by atoms with Gasteiger partial charge in [-0.15, -0.1) is 12.6 Å². The minimum absolute atomic E-state index is 0.772. The van der Waals surface area contributed by atoms with Crippen LogP contribution in [0.15, 0.2) is 70.3 Å². The first-order valence-corrected chi connectivity index (χ1v) is 7.31. The van der Waals surface area contributed by atoms with Crippen molar-refractivity contribution in [3.8, 4) is 22.6 Å². The number of para-hydroxylation sites is 2. The SMILES string of the molecule is Sc1ccccc1Oc1ccccc1-c1ccsc1. The zero-order valence-corrected chi connectivity index (χ0v) is 11.8. The van der Waals surface area contributed by atoms with E-state index in [4.69, 9.17) is 4.74 Å². The Hall–Kier alpha value is -1.71. The lowest BCUT2D eigenvalue weighted by atomic mass is 10.1. The van der Waals surface area contributed by atoms with Crippen molar-refractivity contribution in [3.05, 3.63) is 65.4 Å². The average molecular weight is 284 g/mol. The van der Waals surface area contributed by atoms with E-state index in [1.54, 1.807) is 11.3 Å². The largest absolute Gasteiger partial charge is 0.456 e. The molecule has 3 aromatic rings. The number of ether oxygens (including phenoxy) is 1. The van der Waals surface area contributed by atoms with Gasteiger partial charge in [0.1, 0.15) is 11.5 Å². The molecule has 1 aromatic heterocycles. The van der Waals surface area contributed by atoms with Gasteiger partial charge in [-0.1, -0.05) is 30.3 Å². The highest BCUT2D eigenvalue weighted by molar-refractivity contribution is 7.80. The third-order valence-electron chi connectivity index (χ3n) is 2.80. The summed E-state index contributed by atoms with van der Waals surface area (Å²) in [4.78, 5) is 0.836. The molecule has 0 unspecified atom stereocenters. The van der Waals surface area contributed by atoms with E-state index < -0.39 is 0 Å². The Bertz CT molecular complexity index is 675. The van der Waals surface area contributed by atoms with Crippen molar-refractivity contribution in [2.24, 2.45) is 0 Å². The maximum absolute atomic E-state index is 5.99. The van der Waals surface area contributed by atoms with Gasteiger partial charge >= 0.3 is 0 Å². The van der Waals surface area contributed by atoms with Gasteiger partial charge in [0.2, 0.25) is 0 Å². The third-order valence-corrected chi connectivity index (χ3v) is 3.86. The summed E-state index contributed by atoms with van der Waals surface area (Å²) in [5.41, 5.74) is 2.28. The standard InChI is InChI=1S/C16H12OS2/c18-16-8-4-3-7-15(16)17-14-6-2-1-5-13(14)12-9-10-19-11-12/h1-11,18H. The lowest BCUT2D eigenvalue weighted by Crippen LogP contribution is -1.88. The summed E-state index contributed by atoms with van der Waals surface area (Å²) in [6.07, 6.45) is 0. The van der Waals surface area contributed by atoms with Crippen LogP contribution in [0.4, 0.5) is 0 Å². The van der Waals surface area contributed by atoms with E-state index in [-0.39, 0.29) is 0 Å². The van der Waals surface area contributed by atoms with Crippen LogP contribution >= 0.6 is 24.0 Å². The molecule has 0 atom stereocenters. The first-order chi connectivity index (χ1) is 9.34. The second kappa shape index (κ2) is 5.51. The van der Waals surface area contributed by atoms with Crippen molar-refractivity contribution in [1.82, 2.24) is 0 Å². The molecule has 0 saturated heterocycles. The quantitative estimate of drug-likeness (QED) is 0.625. The minimum atomic E-state index is 0.772. The second-order valence-corrected chi connectivity index (χ2v) is 5.34. The summed E-state index contributed by atoms with van der Waals surface area (Å²) in [5.74, 6) is 1.62. The van der Waals surface area contributed by atoms with Crippen LogP contribution in [0.1, 0.15) is 0 Å². The van der Waals surface area contributed by atoms with E-state index in [1.165, 1.54) is 5.56 Å². The lowest BCUT2D eigenvalue weighted by Gasteiger charge is -2.11. The molecule has 0 radical (unpaired) electrons. The van der Waals surface area contributed by atoms with Gasteiger partial charge in [-0.2, -0.15) is 11.3 Å². The summed E-state index contributed by atoms with van der Waals surface area (Å²) in [6, 6.07) is 17.9. The van der Waals surface area contributed by atoms with Crippen LogP contribution in [0, 0.1) is 0 Å². The summed E-state index contributed by atoms with van der Waals surface area (Å²) in [5, 5.41) is 4.19. The van der Waals surface area contributed by atoms with Gasteiger partial charge in [0.15, 0.2) is 0 Å². The van der Waals surface area contributed by atoms with Crippen LogP contribution < -0.4 is 4.74 Å². The van der Waals surface area contributed by atoms with E-state index >= 15 is 0 Å². The first-order valence-electron chi connectivity index (χ1n) is 5.92. The van der Waals surface area contributed by atoms with Crippen LogP contribution in [0.3, 0.4) is 0 Å². The van der Waals surface area contributed by atoms with Crippen LogP contribution in [-0.2, 0) is 0 Å². The molecule has 0 spiro atoms. The number of hydrogen-bond donors (Lipinski definition) is 1. The monoisotopic (exact) mass is 284 g/mol. The van der Waals surface area contributed by atoms with Gasteiger partial charge < -0.3 is 4.74 Å². The van der Waals surface area contributed by atoms with Crippen molar-refractivity contribution in [2.45, 2.75) is 4.90 Å². The third kappa shape index (κ3) is 2.67. The molecule has 2 aromatic carbocycles. The molecule has 0 bridgehead atoms. The smallest absolute Gasteiger partial charge is 0.140 e. The predicted octanol–water partition coefficient (Wildman–Crippen LogP) is 5.50. The van der Waals surface area contributed by atoms with Crippen LogP contribution in [0.5, 0.6) is 11.5 Å². The van der Waals surface area contributed by atoms with Crippen molar-refractivity contribution < 1.29 is 4.74 Å². The zero-order chi connectivity index (χ0) is 13.1. The number of benzene rings is 2. The Morgan fingerprint density at radius 1 is 0.842 bits per heavy atom. The normalized spacial score (nSPS) is 10.4. The van der Waals surface area contributed by atoms with Crippen molar-refractivity contribution in [2.75, 3.05) is 0 Å². The average Bonchev–Trinajstić information content (AvgIpc) is 2.96. The zero-order valence-electron chi connectivity index (χ0n) is 10.1. The maximum atomic E-state index is 5.99. The van der Waals surface area contributed by atoms with E-state index in [0.717, 1.165) is 22.0 Å². The maximum Gasteiger partial charge on any atom is 0.140 e. The van der Waals surface area contributed by atoms with Crippen LogP contribution in [0.2, 0.25) is 0 Å². The highest BCUT2D eigenvalue weighted by Gasteiger charge is 2.08. The molecule has 0 aliphatic heterocycles. The van der Waals surface area contributed by atoms with Crippen LogP contribution in [0.25, 0.3) is 11.1 Å². The van der Waals surface area contributed by atoms with Gasteiger partial charge in [-0.3, -0.25) is 0 Å². The molecule has 0 saturated carbocycles. The number of rotatable bonds is 3. The molecule has 3 rings (SSSR count). The molecule has 94 valence electrons. The highest BCUT2D eigenvalue weighted by atomic mass is 32.1. The minimum Gasteiger partial charge on any atom is -0.456 e. The Kier molecular flexibility index (Phi) is 3.58. The molecule has 1 heterocycles. The Balaban J connectivity index is 2.00. The molecule has 19 heavy (non-hydrogen) atoms. The Labute approximate surface area is 121 Å². The second-order valence-electron chi connectivity index (χ2n) is 4.08. The number of hydrogen-bond acceptors (Lipinski definition) is 3. The molecule has 0 amide bonds. The fraction of sp³-hybridized carbons (Fsp3) is 0.